The first-order chi connectivity index (χ1) is 18.1. The molecule has 8 nitrogen and oxygen atoms in total. The zero-order chi connectivity index (χ0) is 29.0. The van der Waals surface area contributed by atoms with Crippen molar-refractivity contribution in [3.63, 3.8) is 0 Å². The zero-order valence-corrected chi connectivity index (χ0v) is 22.7. The van der Waals surface area contributed by atoms with E-state index in [4.69, 9.17) is 4.74 Å². The number of halogens is 3. The molecule has 0 radical (unpaired) electrons. The molecule has 2 aromatic carbocycles. The van der Waals surface area contributed by atoms with Crippen LogP contribution >= 0.6 is 0 Å². The first kappa shape index (κ1) is 30.2. The van der Waals surface area contributed by atoms with Crippen molar-refractivity contribution >= 4 is 12.0 Å². The van der Waals surface area contributed by atoms with Crippen molar-refractivity contribution in [2.45, 2.75) is 83.9 Å². The summed E-state index contributed by atoms with van der Waals surface area (Å²) in [5.74, 6) is -0.915. The molecule has 214 valence electrons. The molecule has 0 spiro atoms. The Kier molecular flexibility index (Phi) is 9.50. The van der Waals surface area contributed by atoms with Crippen LogP contribution in [0.15, 0.2) is 54.6 Å². The van der Waals surface area contributed by atoms with Gasteiger partial charge in [0.1, 0.15) is 17.4 Å². The third-order valence-electron chi connectivity index (χ3n) is 6.11. The zero-order valence-electron chi connectivity index (χ0n) is 22.7. The van der Waals surface area contributed by atoms with E-state index >= 15 is 0 Å². The first-order valence-electron chi connectivity index (χ1n) is 12.8. The fraction of sp³-hybridized carbons (Fsp3) is 0.500. The lowest BCUT2D eigenvalue weighted by molar-refractivity contribution is -0.274. The largest absolute Gasteiger partial charge is 0.573 e. The Morgan fingerprint density at radius 3 is 2.31 bits per heavy atom. The molecule has 1 saturated heterocycles. The van der Waals surface area contributed by atoms with E-state index in [1.807, 2.05) is 44.2 Å². The number of carbonyl (C=O) groups is 2. The van der Waals surface area contributed by atoms with Gasteiger partial charge in [-0.15, -0.1) is 13.2 Å². The number of nitrogens with one attached hydrogen (secondary N) is 2. The lowest BCUT2D eigenvalue weighted by Crippen LogP contribution is -2.55. The molecule has 3 rings (SSSR count). The number of aliphatic hydroxyl groups excluding tert-OH is 1. The van der Waals surface area contributed by atoms with Gasteiger partial charge in [-0.3, -0.25) is 10.1 Å². The number of aliphatic hydroxyl groups is 1. The fourth-order valence-electron chi connectivity index (χ4n) is 4.49. The van der Waals surface area contributed by atoms with Crippen LogP contribution in [-0.4, -0.2) is 58.3 Å². The van der Waals surface area contributed by atoms with Crippen molar-refractivity contribution in [1.29, 1.82) is 0 Å². The second kappa shape index (κ2) is 12.3. The number of hydrogen-bond acceptors (Lipinski definition) is 6. The van der Waals surface area contributed by atoms with E-state index in [0.717, 1.165) is 5.56 Å². The highest BCUT2D eigenvalue weighted by atomic mass is 19.4. The Morgan fingerprint density at radius 1 is 1.08 bits per heavy atom. The van der Waals surface area contributed by atoms with E-state index in [2.05, 4.69) is 15.4 Å². The van der Waals surface area contributed by atoms with Gasteiger partial charge in [0.05, 0.1) is 18.3 Å². The molecule has 39 heavy (non-hydrogen) atoms. The van der Waals surface area contributed by atoms with Gasteiger partial charge < -0.3 is 24.8 Å². The summed E-state index contributed by atoms with van der Waals surface area (Å²) in [7, 11) is 0. The third kappa shape index (κ3) is 8.86. The molecule has 1 aliphatic rings. The van der Waals surface area contributed by atoms with Gasteiger partial charge in [0.15, 0.2) is 0 Å². The van der Waals surface area contributed by atoms with Crippen molar-refractivity contribution in [1.82, 2.24) is 15.5 Å². The van der Waals surface area contributed by atoms with Crippen molar-refractivity contribution in [2.75, 3.05) is 0 Å². The highest BCUT2D eigenvalue weighted by molar-refractivity contribution is 5.85. The quantitative estimate of drug-likeness (QED) is 0.428. The van der Waals surface area contributed by atoms with E-state index in [0.29, 0.717) is 5.56 Å². The predicted molar refractivity (Wildman–Crippen MR) is 139 cm³/mol. The maximum Gasteiger partial charge on any atom is 0.573 e. The van der Waals surface area contributed by atoms with Gasteiger partial charge >= 0.3 is 12.5 Å². The highest BCUT2D eigenvalue weighted by Crippen LogP contribution is 2.27. The summed E-state index contributed by atoms with van der Waals surface area (Å²) in [4.78, 5) is 27.7. The van der Waals surface area contributed by atoms with Gasteiger partial charge in [-0.25, -0.2) is 4.79 Å². The number of nitrogens with zero attached hydrogens (tertiary/aromatic N) is 1. The molecule has 2 amide bonds. The molecule has 3 N–H and O–H groups in total. The number of carbonyl (C=O) groups excluding carboxylic acids is 2. The molecule has 0 aromatic heterocycles. The number of alkyl halides is 3. The van der Waals surface area contributed by atoms with E-state index in [1.165, 1.54) is 23.1 Å². The van der Waals surface area contributed by atoms with Crippen molar-refractivity contribution in [2.24, 2.45) is 5.92 Å². The van der Waals surface area contributed by atoms with E-state index in [-0.39, 0.29) is 24.6 Å². The maximum atomic E-state index is 13.6. The molecule has 4 atom stereocenters. The average molecular weight is 552 g/mol. The average Bonchev–Trinajstić information content (AvgIpc) is 3.13. The van der Waals surface area contributed by atoms with Gasteiger partial charge in [-0.2, -0.15) is 0 Å². The molecule has 1 fully saturated rings. The van der Waals surface area contributed by atoms with Crippen LogP contribution in [0.25, 0.3) is 0 Å². The Morgan fingerprint density at radius 2 is 1.72 bits per heavy atom. The SMILES string of the molecule is CC(C)C1N[C@@H]([C@H](O)[C@H](Cc2ccccc2)NC(=O)OC(C)(C)C)C(=O)N1Cc1cccc(OC(F)(F)F)c1. The van der Waals surface area contributed by atoms with Crippen LogP contribution in [0, 0.1) is 5.92 Å². The van der Waals surface area contributed by atoms with Crippen molar-refractivity contribution in [3.8, 4) is 5.75 Å². The number of benzene rings is 2. The summed E-state index contributed by atoms with van der Waals surface area (Å²) >= 11 is 0. The summed E-state index contributed by atoms with van der Waals surface area (Å²) in [5.41, 5.74) is 0.500. The Balaban J connectivity index is 1.83. The van der Waals surface area contributed by atoms with Crippen LogP contribution in [0.5, 0.6) is 5.75 Å². The summed E-state index contributed by atoms with van der Waals surface area (Å²) < 4.78 is 47.5. The number of hydrogen-bond donors (Lipinski definition) is 3. The van der Waals surface area contributed by atoms with E-state index < -0.39 is 48.3 Å². The van der Waals surface area contributed by atoms with Crippen LogP contribution in [-0.2, 0) is 22.5 Å². The summed E-state index contributed by atoms with van der Waals surface area (Å²) in [6.07, 6.45) is -7.18. The minimum absolute atomic E-state index is 0.00416. The molecule has 11 heteroatoms. The fourth-order valence-corrected chi connectivity index (χ4v) is 4.49. The van der Waals surface area contributed by atoms with Crippen LogP contribution in [0.4, 0.5) is 18.0 Å². The molecule has 1 unspecified atom stereocenters. The van der Waals surface area contributed by atoms with Gasteiger partial charge in [-0.1, -0.05) is 56.3 Å². The van der Waals surface area contributed by atoms with Gasteiger partial charge in [0.25, 0.3) is 0 Å². The minimum Gasteiger partial charge on any atom is -0.444 e. The van der Waals surface area contributed by atoms with Crippen LogP contribution in [0.3, 0.4) is 0 Å². The molecule has 1 heterocycles. The number of rotatable bonds is 9. The predicted octanol–water partition coefficient (Wildman–Crippen LogP) is 4.36. The Bertz CT molecular complexity index is 1120. The van der Waals surface area contributed by atoms with Crippen LogP contribution < -0.4 is 15.4 Å². The van der Waals surface area contributed by atoms with Crippen LogP contribution in [0.2, 0.25) is 0 Å². The van der Waals surface area contributed by atoms with Crippen LogP contribution in [0.1, 0.15) is 45.7 Å². The van der Waals surface area contributed by atoms with E-state index in [1.54, 1.807) is 26.8 Å². The van der Waals surface area contributed by atoms with Gasteiger partial charge in [0, 0.05) is 6.54 Å². The third-order valence-corrected chi connectivity index (χ3v) is 6.11. The maximum absolute atomic E-state index is 13.6. The normalized spacial score (nSPS) is 19.6. The van der Waals surface area contributed by atoms with Crippen molar-refractivity contribution < 1.29 is 37.3 Å². The summed E-state index contributed by atoms with van der Waals surface area (Å²) in [6.45, 7) is 8.92. The molecular weight excluding hydrogens is 515 g/mol. The molecule has 1 aliphatic heterocycles. The lowest BCUT2D eigenvalue weighted by Gasteiger charge is -2.29. The second-order valence-corrected chi connectivity index (χ2v) is 10.9. The minimum atomic E-state index is -4.84. The molecular formula is C28H36F3N3O5. The molecule has 0 aliphatic carbocycles. The monoisotopic (exact) mass is 551 g/mol. The lowest BCUT2D eigenvalue weighted by atomic mass is 9.96. The smallest absolute Gasteiger partial charge is 0.444 e. The number of amides is 2. The topological polar surface area (TPSA) is 100 Å². The highest BCUT2D eigenvalue weighted by Gasteiger charge is 2.46. The summed E-state index contributed by atoms with van der Waals surface area (Å²) in [6, 6.07) is 12.7. The molecule has 2 aromatic rings. The standard InChI is InChI=1S/C28H36F3N3O5/c1-17(2)24-33-22(25(36)34(24)16-19-12-9-13-20(14-19)38-28(29,30)31)23(35)21(15-18-10-7-6-8-11-18)32-26(37)39-27(3,4)5/h6-14,17,21-24,33,35H,15-16H2,1-5H3,(H,32,37)/t21-,22-,23+,24?/m0/s1. The van der Waals surface area contributed by atoms with E-state index in [9.17, 15) is 27.9 Å². The van der Waals surface area contributed by atoms with Gasteiger partial charge in [0.2, 0.25) is 5.91 Å². The summed E-state index contributed by atoms with van der Waals surface area (Å²) in [5, 5.41) is 17.3. The number of ether oxygens (including phenoxy) is 2. The molecule has 0 saturated carbocycles. The van der Waals surface area contributed by atoms with Crippen molar-refractivity contribution in [3.05, 3.63) is 65.7 Å². The second-order valence-electron chi connectivity index (χ2n) is 10.9. The Labute approximate surface area is 226 Å². The number of alkyl carbamates (subject to hydrolysis) is 1. The Hall–Kier alpha value is -3.31. The molecule has 0 bridgehead atoms. The first-order valence-corrected chi connectivity index (χ1v) is 12.8. The van der Waals surface area contributed by atoms with Gasteiger partial charge in [-0.05, 0) is 56.4 Å².